The van der Waals surface area contributed by atoms with Crippen molar-refractivity contribution >= 4 is 11.6 Å². The Bertz CT molecular complexity index is 860. The first kappa shape index (κ1) is 21.5. The van der Waals surface area contributed by atoms with E-state index in [1.807, 2.05) is 12.1 Å². The van der Waals surface area contributed by atoms with Crippen molar-refractivity contribution in [1.29, 1.82) is 0 Å². The summed E-state index contributed by atoms with van der Waals surface area (Å²) in [4.78, 5) is 7.24. The number of aliphatic hydroxyl groups is 1. The molecule has 2 aromatic rings. The summed E-state index contributed by atoms with van der Waals surface area (Å²) in [5, 5.41) is 16.3. The number of benzene rings is 2. The first-order valence-electron chi connectivity index (χ1n) is 11.5. The van der Waals surface area contributed by atoms with Crippen LogP contribution in [0.2, 0.25) is 0 Å². The number of fused-ring (bicyclic) bond motifs is 1. The van der Waals surface area contributed by atoms with Crippen molar-refractivity contribution < 1.29 is 9.84 Å². The van der Waals surface area contributed by atoms with Crippen LogP contribution in [0, 0.1) is 5.92 Å². The van der Waals surface area contributed by atoms with Crippen LogP contribution < -0.4 is 20.3 Å². The molecule has 2 aromatic carbocycles. The highest BCUT2D eigenvalue weighted by molar-refractivity contribution is 5.80. The molecule has 1 unspecified atom stereocenters. The van der Waals surface area contributed by atoms with E-state index >= 15 is 0 Å². The van der Waals surface area contributed by atoms with Gasteiger partial charge < -0.3 is 25.4 Å². The molecule has 0 radical (unpaired) electrons. The maximum Gasteiger partial charge on any atom is 0.192 e. The molecule has 1 fully saturated rings. The van der Waals surface area contributed by atoms with Crippen molar-refractivity contribution in [2.45, 2.75) is 38.8 Å². The Morgan fingerprint density at radius 1 is 1.10 bits per heavy atom. The van der Waals surface area contributed by atoms with E-state index in [9.17, 15) is 5.11 Å². The van der Waals surface area contributed by atoms with Crippen LogP contribution in [0.3, 0.4) is 0 Å². The van der Waals surface area contributed by atoms with Crippen molar-refractivity contribution in [2.24, 2.45) is 10.9 Å². The molecule has 166 valence electrons. The summed E-state index contributed by atoms with van der Waals surface area (Å²) < 4.78 is 5.78. The molecule has 1 saturated heterocycles. The number of anilines is 1. The van der Waals surface area contributed by atoms with Gasteiger partial charge in [0.1, 0.15) is 5.75 Å². The summed E-state index contributed by atoms with van der Waals surface area (Å²) in [5.74, 6) is 2.25. The van der Waals surface area contributed by atoms with Crippen molar-refractivity contribution in [3.05, 3.63) is 59.7 Å². The van der Waals surface area contributed by atoms with E-state index in [0.717, 1.165) is 50.6 Å². The number of ether oxygens (including phenoxy) is 1. The van der Waals surface area contributed by atoms with E-state index in [1.165, 1.54) is 16.8 Å². The lowest BCUT2D eigenvalue weighted by Gasteiger charge is -2.32. The Kier molecular flexibility index (Phi) is 7.30. The van der Waals surface area contributed by atoms with Gasteiger partial charge in [0, 0.05) is 43.9 Å². The summed E-state index contributed by atoms with van der Waals surface area (Å²) in [6, 6.07) is 17.2. The smallest absolute Gasteiger partial charge is 0.192 e. The van der Waals surface area contributed by atoms with E-state index in [1.54, 1.807) is 0 Å². The lowest BCUT2D eigenvalue weighted by Crippen LogP contribution is -2.41. The van der Waals surface area contributed by atoms with Crippen LogP contribution in [-0.2, 0) is 6.54 Å². The van der Waals surface area contributed by atoms with E-state index in [2.05, 4.69) is 58.9 Å². The number of piperidine rings is 1. The third-order valence-corrected chi connectivity index (χ3v) is 6.21. The zero-order valence-corrected chi connectivity index (χ0v) is 18.4. The van der Waals surface area contributed by atoms with Crippen molar-refractivity contribution in [2.75, 3.05) is 37.7 Å². The largest absolute Gasteiger partial charge is 0.493 e. The van der Waals surface area contributed by atoms with Gasteiger partial charge in [-0.3, -0.25) is 0 Å². The second kappa shape index (κ2) is 10.5. The minimum absolute atomic E-state index is 0.201. The number of hydrogen-bond donors (Lipinski definition) is 3. The molecule has 0 saturated carbocycles. The summed E-state index contributed by atoms with van der Waals surface area (Å²) in [6.45, 7) is 6.60. The van der Waals surface area contributed by atoms with E-state index < -0.39 is 0 Å². The van der Waals surface area contributed by atoms with Crippen LogP contribution in [0.25, 0.3) is 0 Å². The number of guanidine groups is 1. The molecule has 2 heterocycles. The Balaban J connectivity index is 1.38. The van der Waals surface area contributed by atoms with Crippen molar-refractivity contribution in [3.63, 3.8) is 0 Å². The molecule has 0 amide bonds. The second-order valence-electron chi connectivity index (χ2n) is 8.35. The van der Waals surface area contributed by atoms with E-state index in [4.69, 9.17) is 9.73 Å². The Labute approximate surface area is 185 Å². The van der Waals surface area contributed by atoms with Gasteiger partial charge in [-0.15, -0.1) is 0 Å². The van der Waals surface area contributed by atoms with Gasteiger partial charge in [0.25, 0.3) is 0 Å². The molecule has 1 atom stereocenters. The second-order valence-corrected chi connectivity index (χ2v) is 8.35. The first-order chi connectivity index (χ1) is 15.3. The predicted molar refractivity (Wildman–Crippen MR) is 126 cm³/mol. The molecule has 0 aromatic heterocycles. The molecule has 4 rings (SSSR count). The van der Waals surface area contributed by atoms with Crippen molar-refractivity contribution in [3.8, 4) is 5.75 Å². The Morgan fingerprint density at radius 3 is 2.61 bits per heavy atom. The van der Waals surface area contributed by atoms with Gasteiger partial charge in [0.15, 0.2) is 5.96 Å². The summed E-state index contributed by atoms with van der Waals surface area (Å²) >= 11 is 0. The lowest BCUT2D eigenvalue weighted by molar-refractivity contribution is 0.203. The fourth-order valence-electron chi connectivity index (χ4n) is 4.33. The molecular formula is C25H34N4O2. The minimum atomic E-state index is 0.201. The fraction of sp³-hybridized carbons (Fsp3) is 0.480. The molecular weight excluding hydrogens is 388 g/mol. The quantitative estimate of drug-likeness (QED) is 0.491. The monoisotopic (exact) mass is 422 g/mol. The third kappa shape index (κ3) is 5.50. The van der Waals surface area contributed by atoms with E-state index in [0.29, 0.717) is 25.7 Å². The molecule has 31 heavy (non-hydrogen) atoms. The van der Waals surface area contributed by atoms with Crippen LogP contribution >= 0.6 is 0 Å². The summed E-state index contributed by atoms with van der Waals surface area (Å²) in [6.07, 6.45) is 3.05. The highest BCUT2D eigenvalue weighted by Gasteiger charge is 2.22. The van der Waals surface area contributed by atoms with Crippen LogP contribution in [-0.4, -0.2) is 43.9 Å². The van der Waals surface area contributed by atoms with Gasteiger partial charge in [-0.1, -0.05) is 30.3 Å². The SMILES string of the molecule is CCNC(=NCc1ccc(N2CCC(CO)CC2)cc1)NC1CCOc2ccccc21. The molecule has 2 aliphatic heterocycles. The van der Waals surface area contributed by atoms with Crippen LogP contribution in [0.5, 0.6) is 5.75 Å². The Morgan fingerprint density at radius 2 is 1.87 bits per heavy atom. The maximum absolute atomic E-state index is 9.33. The topological polar surface area (TPSA) is 69.1 Å². The number of aliphatic imine (C=N–C) groups is 1. The van der Waals surface area contributed by atoms with Gasteiger partial charge >= 0.3 is 0 Å². The average molecular weight is 423 g/mol. The molecule has 0 bridgehead atoms. The standard InChI is InChI=1S/C25H34N4O2/c1-2-26-25(28-23-13-16-31-24-6-4-3-5-22(23)24)27-17-19-7-9-21(10-8-19)29-14-11-20(18-30)12-15-29/h3-10,20,23,30H,2,11-18H2,1H3,(H2,26,27,28). The average Bonchev–Trinajstić information content (AvgIpc) is 2.83. The molecule has 3 N–H and O–H groups in total. The first-order valence-corrected chi connectivity index (χ1v) is 11.5. The summed E-state index contributed by atoms with van der Waals surface area (Å²) in [5.41, 5.74) is 3.64. The number of aliphatic hydroxyl groups excluding tert-OH is 1. The third-order valence-electron chi connectivity index (χ3n) is 6.21. The normalized spacial score (nSPS) is 19.5. The van der Waals surface area contributed by atoms with Gasteiger partial charge in [-0.25, -0.2) is 4.99 Å². The van der Waals surface area contributed by atoms with Gasteiger partial charge in [-0.2, -0.15) is 0 Å². The van der Waals surface area contributed by atoms with Gasteiger partial charge in [0.05, 0.1) is 19.2 Å². The number of nitrogens with one attached hydrogen (secondary N) is 2. The fourth-order valence-corrected chi connectivity index (χ4v) is 4.33. The maximum atomic E-state index is 9.33. The zero-order chi connectivity index (χ0) is 21.5. The number of hydrogen-bond acceptors (Lipinski definition) is 4. The highest BCUT2D eigenvalue weighted by atomic mass is 16.5. The van der Waals surface area contributed by atoms with Crippen molar-refractivity contribution in [1.82, 2.24) is 10.6 Å². The summed E-state index contributed by atoms with van der Waals surface area (Å²) in [7, 11) is 0. The van der Waals surface area contributed by atoms with Crippen LogP contribution in [0.1, 0.15) is 43.4 Å². The molecule has 6 nitrogen and oxygen atoms in total. The minimum Gasteiger partial charge on any atom is -0.493 e. The molecule has 0 spiro atoms. The highest BCUT2D eigenvalue weighted by Crippen LogP contribution is 2.31. The van der Waals surface area contributed by atoms with E-state index in [-0.39, 0.29) is 6.04 Å². The van der Waals surface area contributed by atoms with Gasteiger partial charge in [-0.05, 0) is 49.4 Å². The zero-order valence-electron chi connectivity index (χ0n) is 18.4. The number of rotatable bonds is 6. The molecule has 6 heteroatoms. The molecule has 0 aliphatic carbocycles. The molecule has 2 aliphatic rings. The van der Waals surface area contributed by atoms with Gasteiger partial charge in [0.2, 0.25) is 0 Å². The van der Waals surface area contributed by atoms with Crippen LogP contribution in [0.15, 0.2) is 53.5 Å². The number of nitrogens with zero attached hydrogens (tertiary/aromatic N) is 2. The Hall–Kier alpha value is -2.73. The predicted octanol–water partition coefficient (Wildman–Crippen LogP) is 3.47. The van der Waals surface area contributed by atoms with Crippen LogP contribution in [0.4, 0.5) is 5.69 Å². The lowest BCUT2D eigenvalue weighted by atomic mass is 9.97. The number of para-hydroxylation sites is 1.